The summed E-state index contributed by atoms with van der Waals surface area (Å²) in [5.41, 5.74) is 1.54. The maximum absolute atomic E-state index is 14.0. The van der Waals surface area contributed by atoms with E-state index in [1.54, 1.807) is 4.90 Å². The molecule has 39 heavy (non-hydrogen) atoms. The van der Waals surface area contributed by atoms with E-state index in [4.69, 9.17) is 4.74 Å². The number of benzene rings is 2. The van der Waals surface area contributed by atoms with Crippen molar-refractivity contribution in [2.75, 3.05) is 32.8 Å². The number of aromatic nitrogens is 1. The third-order valence-electron chi connectivity index (χ3n) is 8.28. The third-order valence-corrected chi connectivity index (χ3v) is 8.28. The van der Waals surface area contributed by atoms with Crippen molar-refractivity contribution in [1.82, 2.24) is 19.7 Å². The zero-order valence-corrected chi connectivity index (χ0v) is 23.8. The number of rotatable bonds is 9. The van der Waals surface area contributed by atoms with Crippen LogP contribution in [0, 0.1) is 11.8 Å². The molecule has 7 heteroatoms. The molecule has 7 nitrogen and oxygen atoms in total. The van der Waals surface area contributed by atoms with Crippen molar-refractivity contribution in [2.24, 2.45) is 11.8 Å². The summed E-state index contributed by atoms with van der Waals surface area (Å²) in [7, 11) is 0. The van der Waals surface area contributed by atoms with Crippen LogP contribution in [0.5, 0.6) is 5.75 Å². The van der Waals surface area contributed by atoms with Gasteiger partial charge >= 0.3 is 0 Å². The number of carbonyl (C=O) groups excluding carboxylic acids is 2. The van der Waals surface area contributed by atoms with Crippen molar-refractivity contribution in [3.05, 3.63) is 65.9 Å². The summed E-state index contributed by atoms with van der Waals surface area (Å²) >= 11 is 0. The van der Waals surface area contributed by atoms with Gasteiger partial charge in [-0.15, -0.1) is 0 Å². The van der Waals surface area contributed by atoms with Crippen LogP contribution in [0.1, 0.15) is 56.6 Å². The molecule has 3 atom stereocenters. The average Bonchev–Trinajstić information content (AvgIpc) is 3.28. The first kappa shape index (κ1) is 27.3. The number of para-hydroxylation sites is 1. The molecule has 5 rings (SSSR count). The number of nitrogens with one attached hydrogen (secondary N) is 1. The van der Waals surface area contributed by atoms with Crippen molar-refractivity contribution >= 4 is 22.7 Å². The van der Waals surface area contributed by atoms with E-state index in [0.717, 1.165) is 60.1 Å². The Hall–Kier alpha value is -3.32. The Kier molecular flexibility index (Phi) is 7.98. The number of hydrogen-bond acceptors (Lipinski definition) is 4. The normalized spacial score (nSPS) is 23.6. The maximum atomic E-state index is 14.0. The quantitative estimate of drug-likeness (QED) is 0.398. The zero-order valence-electron chi connectivity index (χ0n) is 23.8. The molecule has 3 heterocycles. The Morgan fingerprint density at radius 3 is 2.51 bits per heavy atom. The van der Waals surface area contributed by atoms with Crippen LogP contribution in [-0.2, 0) is 17.9 Å². The standard InChI is InChI=1S/C32H42N4O3/c1-5-39-27-13-11-25(12-14-27)21-36-30(37)29-18-26-9-6-7-10-28(26)35(29)22-32(36,4)31(38)33-15-8-16-34-19-23(2)17-24(3)20-34/h6-7,9-14,18,23-24H,5,8,15-17,19-22H2,1-4H3,(H,33,38). The Bertz CT molecular complexity index is 1310. The topological polar surface area (TPSA) is 66.8 Å². The fraction of sp³-hybridized carbons (Fsp3) is 0.500. The van der Waals surface area contributed by atoms with Crippen LogP contribution in [0.15, 0.2) is 54.6 Å². The summed E-state index contributed by atoms with van der Waals surface area (Å²) < 4.78 is 7.61. The van der Waals surface area contributed by atoms with Gasteiger partial charge in [0.1, 0.15) is 17.0 Å². The number of nitrogens with zero attached hydrogens (tertiary/aromatic N) is 3. The van der Waals surface area contributed by atoms with Gasteiger partial charge in [-0.25, -0.2) is 0 Å². The lowest BCUT2D eigenvalue weighted by Gasteiger charge is -2.44. The molecule has 208 valence electrons. The van der Waals surface area contributed by atoms with E-state index in [-0.39, 0.29) is 11.8 Å². The summed E-state index contributed by atoms with van der Waals surface area (Å²) in [5, 5.41) is 4.21. The van der Waals surface area contributed by atoms with Gasteiger partial charge in [-0.05, 0) is 74.9 Å². The monoisotopic (exact) mass is 530 g/mol. The van der Waals surface area contributed by atoms with Gasteiger partial charge in [0.25, 0.3) is 5.91 Å². The number of amides is 2. The van der Waals surface area contributed by atoms with E-state index in [9.17, 15) is 9.59 Å². The predicted octanol–water partition coefficient (Wildman–Crippen LogP) is 4.94. The molecule has 2 aromatic carbocycles. The molecular weight excluding hydrogens is 488 g/mol. The minimum absolute atomic E-state index is 0.106. The molecule has 2 aliphatic rings. The molecule has 2 aliphatic heterocycles. The number of likely N-dealkylation sites (tertiary alicyclic amines) is 1. The smallest absolute Gasteiger partial charge is 0.271 e. The molecule has 1 saturated heterocycles. The van der Waals surface area contributed by atoms with Gasteiger partial charge in [-0.3, -0.25) is 9.59 Å². The second-order valence-electron chi connectivity index (χ2n) is 11.7. The molecule has 1 fully saturated rings. The van der Waals surface area contributed by atoms with Crippen LogP contribution < -0.4 is 10.1 Å². The van der Waals surface area contributed by atoms with Gasteiger partial charge < -0.3 is 24.4 Å². The fourth-order valence-electron chi connectivity index (χ4n) is 6.46. The first-order valence-corrected chi connectivity index (χ1v) is 14.4. The first-order chi connectivity index (χ1) is 18.8. The largest absolute Gasteiger partial charge is 0.494 e. The summed E-state index contributed by atoms with van der Waals surface area (Å²) in [6.45, 7) is 13.7. The molecule has 1 N–H and O–H groups in total. The van der Waals surface area contributed by atoms with E-state index in [1.807, 2.05) is 73.0 Å². The number of fused-ring (bicyclic) bond motifs is 3. The van der Waals surface area contributed by atoms with Crippen LogP contribution in [0.25, 0.3) is 10.9 Å². The lowest BCUT2D eigenvalue weighted by atomic mass is 9.92. The van der Waals surface area contributed by atoms with E-state index in [0.29, 0.717) is 31.9 Å². The molecule has 0 aliphatic carbocycles. The Morgan fingerprint density at radius 2 is 1.79 bits per heavy atom. The molecule has 0 radical (unpaired) electrons. The highest BCUT2D eigenvalue weighted by Crippen LogP contribution is 2.33. The minimum atomic E-state index is -1.03. The van der Waals surface area contributed by atoms with Gasteiger partial charge in [-0.1, -0.05) is 44.2 Å². The molecule has 0 spiro atoms. The number of hydrogen-bond donors (Lipinski definition) is 1. The second-order valence-corrected chi connectivity index (χ2v) is 11.7. The first-order valence-electron chi connectivity index (χ1n) is 14.4. The second kappa shape index (κ2) is 11.4. The predicted molar refractivity (Wildman–Crippen MR) is 155 cm³/mol. The SMILES string of the molecule is CCOc1ccc(CN2C(=O)c3cc4ccccc4n3CC2(C)C(=O)NCCCN2CC(C)CC(C)C2)cc1. The molecule has 1 aromatic heterocycles. The number of ether oxygens (including phenoxy) is 1. The van der Waals surface area contributed by atoms with Gasteiger partial charge in [0, 0.05) is 37.1 Å². The number of carbonyl (C=O) groups is 2. The summed E-state index contributed by atoms with van der Waals surface area (Å²) in [5.74, 6) is 2.00. The third kappa shape index (κ3) is 5.69. The molecule has 0 saturated carbocycles. The molecule has 3 unspecified atom stereocenters. The van der Waals surface area contributed by atoms with Crippen molar-refractivity contribution in [2.45, 2.75) is 59.2 Å². The van der Waals surface area contributed by atoms with Crippen LogP contribution >= 0.6 is 0 Å². The van der Waals surface area contributed by atoms with Crippen LogP contribution in [-0.4, -0.2) is 64.5 Å². The molecule has 0 bridgehead atoms. The lowest BCUT2D eigenvalue weighted by molar-refractivity contribution is -0.133. The van der Waals surface area contributed by atoms with Gasteiger partial charge in [0.05, 0.1) is 13.2 Å². The fourth-order valence-corrected chi connectivity index (χ4v) is 6.46. The van der Waals surface area contributed by atoms with Crippen molar-refractivity contribution in [3.63, 3.8) is 0 Å². The van der Waals surface area contributed by atoms with Crippen LogP contribution in [0.3, 0.4) is 0 Å². The highest BCUT2D eigenvalue weighted by molar-refractivity contribution is 6.03. The Morgan fingerprint density at radius 1 is 1.08 bits per heavy atom. The van der Waals surface area contributed by atoms with Crippen molar-refractivity contribution in [3.8, 4) is 5.75 Å². The average molecular weight is 531 g/mol. The van der Waals surface area contributed by atoms with E-state index in [2.05, 4.69) is 24.1 Å². The van der Waals surface area contributed by atoms with E-state index < -0.39 is 5.54 Å². The van der Waals surface area contributed by atoms with Crippen LogP contribution in [0.4, 0.5) is 0 Å². The van der Waals surface area contributed by atoms with Gasteiger partial charge in [0.15, 0.2) is 0 Å². The van der Waals surface area contributed by atoms with E-state index >= 15 is 0 Å². The van der Waals surface area contributed by atoms with Gasteiger partial charge in [0.2, 0.25) is 5.91 Å². The maximum Gasteiger partial charge on any atom is 0.271 e. The number of piperidine rings is 1. The Labute approximate surface area is 232 Å². The van der Waals surface area contributed by atoms with Crippen molar-refractivity contribution < 1.29 is 14.3 Å². The molecule has 2 amide bonds. The molecule has 3 aromatic rings. The van der Waals surface area contributed by atoms with Crippen molar-refractivity contribution in [1.29, 1.82) is 0 Å². The van der Waals surface area contributed by atoms with Crippen LogP contribution in [0.2, 0.25) is 0 Å². The minimum Gasteiger partial charge on any atom is -0.494 e. The molecular formula is C32H42N4O3. The summed E-state index contributed by atoms with van der Waals surface area (Å²) in [6, 6.07) is 17.7. The highest BCUT2D eigenvalue weighted by atomic mass is 16.5. The Balaban J connectivity index is 1.35. The van der Waals surface area contributed by atoms with E-state index in [1.165, 1.54) is 6.42 Å². The lowest BCUT2D eigenvalue weighted by Crippen LogP contribution is -2.63. The zero-order chi connectivity index (χ0) is 27.6. The summed E-state index contributed by atoms with van der Waals surface area (Å²) in [6.07, 6.45) is 2.19. The summed E-state index contributed by atoms with van der Waals surface area (Å²) in [4.78, 5) is 32.1. The highest BCUT2D eigenvalue weighted by Gasteiger charge is 2.47. The van der Waals surface area contributed by atoms with Gasteiger partial charge in [-0.2, -0.15) is 0 Å².